The van der Waals surface area contributed by atoms with Gasteiger partial charge in [0.1, 0.15) is 18.1 Å². The van der Waals surface area contributed by atoms with Gasteiger partial charge < -0.3 is 14.8 Å². The lowest BCUT2D eigenvalue weighted by atomic mass is 10.1. The lowest BCUT2D eigenvalue weighted by Crippen LogP contribution is -2.32. The molecule has 2 rings (SSSR count). The third kappa shape index (κ3) is 5.46. The normalized spacial score (nSPS) is 16.5. The molecular weight excluding hydrogens is 398 g/mol. The number of hydrogen-bond donors (Lipinski definition) is 1. The summed E-state index contributed by atoms with van der Waals surface area (Å²) in [7, 11) is 1.66. The van der Waals surface area contributed by atoms with Gasteiger partial charge in [0.05, 0.1) is 16.1 Å². The molecular formula is C16H23Br2NO2. The van der Waals surface area contributed by atoms with Gasteiger partial charge in [-0.15, -0.1) is 0 Å². The Bertz CT molecular complexity index is 446. The van der Waals surface area contributed by atoms with E-state index in [0.29, 0.717) is 12.6 Å². The highest BCUT2D eigenvalue weighted by molar-refractivity contribution is 9.11. The molecule has 1 fully saturated rings. The summed E-state index contributed by atoms with van der Waals surface area (Å²) in [5.74, 6) is 1.64. The van der Waals surface area contributed by atoms with Crippen LogP contribution in [0.4, 0.5) is 0 Å². The number of benzene rings is 1. The minimum atomic E-state index is 0.669. The summed E-state index contributed by atoms with van der Waals surface area (Å²) in [4.78, 5) is 0. The van der Waals surface area contributed by atoms with Gasteiger partial charge in [0.15, 0.2) is 0 Å². The van der Waals surface area contributed by atoms with E-state index in [9.17, 15) is 0 Å². The maximum atomic E-state index is 5.84. The van der Waals surface area contributed by atoms with Crippen LogP contribution in [0.2, 0.25) is 0 Å². The van der Waals surface area contributed by atoms with Crippen LogP contribution in [0.25, 0.3) is 0 Å². The van der Waals surface area contributed by atoms with Crippen LogP contribution in [0.1, 0.15) is 38.5 Å². The number of methoxy groups -OCH3 is 1. The number of ether oxygens (including phenoxy) is 2. The van der Waals surface area contributed by atoms with E-state index >= 15 is 0 Å². The van der Waals surface area contributed by atoms with Gasteiger partial charge in [0.25, 0.3) is 0 Å². The average Bonchev–Trinajstić information content (AvgIpc) is 2.75. The Morgan fingerprint density at radius 3 is 2.33 bits per heavy atom. The lowest BCUT2D eigenvalue weighted by molar-refractivity contribution is 0.298. The van der Waals surface area contributed by atoms with Crippen molar-refractivity contribution in [2.75, 3.05) is 20.3 Å². The number of rotatable bonds is 6. The minimum Gasteiger partial charge on any atom is -0.496 e. The van der Waals surface area contributed by atoms with Gasteiger partial charge in [-0.05, 0) is 56.8 Å². The maximum absolute atomic E-state index is 5.84. The molecule has 5 heteroatoms. The van der Waals surface area contributed by atoms with Crippen LogP contribution < -0.4 is 14.8 Å². The Morgan fingerprint density at radius 1 is 1.05 bits per heavy atom. The van der Waals surface area contributed by atoms with Gasteiger partial charge in [-0.3, -0.25) is 0 Å². The summed E-state index contributed by atoms with van der Waals surface area (Å²) >= 11 is 7.00. The molecule has 1 aromatic carbocycles. The van der Waals surface area contributed by atoms with Gasteiger partial charge in [0, 0.05) is 12.6 Å². The highest BCUT2D eigenvalue weighted by Crippen LogP contribution is 2.35. The first-order chi connectivity index (χ1) is 10.2. The van der Waals surface area contributed by atoms with E-state index < -0.39 is 0 Å². The SMILES string of the molecule is COc1cc(Br)c(OCCNC2CCCCCC2)cc1Br. The van der Waals surface area contributed by atoms with Gasteiger partial charge in [-0.25, -0.2) is 0 Å². The fourth-order valence-electron chi connectivity index (χ4n) is 2.68. The minimum absolute atomic E-state index is 0.669. The van der Waals surface area contributed by atoms with Gasteiger partial charge >= 0.3 is 0 Å². The molecule has 1 saturated carbocycles. The molecule has 0 radical (unpaired) electrons. The van der Waals surface area contributed by atoms with E-state index in [0.717, 1.165) is 27.0 Å². The second-order valence-corrected chi connectivity index (χ2v) is 7.12. The van der Waals surface area contributed by atoms with Crippen LogP contribution >= 0.6 is 31.9 Å². The standard InChI is InChI=1S/C16H23Br2NO2/c1-20-15-10-14(18)16(11-13(15)17)21-9-8-19-12-6-4-2-3-5-7-12/h10-12,19H,2-9H2,1H3. The summed E-state index contributed by atoms with van der Waals surface area (Å²) in [6, 6.07) is 4.52. The first-order valence-corrected chi connectivity index (χ1v) is 9.18. The third-order valence-electron chi connectivity index (χ3n) is 3.85. The molecule has 21 heavy (non-hydrogen) atoms. The Hall–Kier alpha value is -0.260. The van der Waals surface area contributed by atoms with E-state index in [2.05, 4.69) is 37.2 Å². The summed E-state index contributed by atoms with van der Waals surface area (Å²) < 4.78 is 12.9. The molecule has 3 nitrogen and oxygen atoms in total. The number of halogens is 2. The van der Waals surface area contributed by atoms with Crippen molar-refractivity contribution in [3.63, 3.8) is 0 Å². The van der Waals surface area contributed by atoms with E-state index in [1.54, 1.807) is 7.11 Å². The molecule has 1 N–H and O–H groups in total. The summed E-state index contributed by atoms with van der Waals surface area (Å²) in [6.45, 7) is 1.56. The van der Waals surface area contributed by atoms with Crippen LogP contribution in [0.3, 0.4) is 0 Å². The number of hydrogen-bond acceptors (Lipinski definition) is 3. The van der Waals surface area contributed by atoms with E-state index in [1.165, 1.54) is 38.5 Å². The smallest absolute Gasteiger partial charge is 0.134 e. The Kier molecular flexibility index (Phi) is 7.34. The highest BCUT2D eigenvalue weighted by Gasteiger charge is 2.12. The quantitative estimate of drug-likeness (QED) is 0.523. The van der Waals surface area contributed by atoms with Crippen molar-refractivity contribution in [2.45, 2.75) is 44.6 Å². The monoisotopic (exact) mass is 419 g/mol. The first kappa shape index (κ1) is 17.1. The molecule has 0 aliphatic heterocycles. The molecule has 0 atom stereocenters. The topological polar surface area (TPSA) is 30.5 Å². The zero-order chi connectivity index (χ0) is 15.1. The van der Waals surface area contributed by atoms with Crippen LogP contribution in [-0.4, -0.2) is 26.3 Å². The fourth-order valence-corrected chi connectivity index (χ4v) is 3.61. The van der Waals surface area contributed by atoms with Crippen LogP contribution in [0, 0.1) is 0 Å². The van der Waals surface area contributed by atoms with Crippen LogP contribution in [0.15, 0.2) is 21.1 Å². The Balaban J connectivity index is 1.76. The molecule has 0 unspecified atom stereocenters. The highest BCUT2D eigenvalue weighted by atomic mass is 79.9. The van der Waals surface area contributed by atoms with Crippen molar-refractivity contribution in [1.29, 1.82) is 0 Å². The second kappa shape index (κ2) is 9.01. The zero-order valence-corrected chi connectivity index (χ0v) is 15.6. The van der Waals surface area contributed by atoms with E-state index in [-0.39, 0.29) is 0 Å². The zero-order valence-electron chi connectivity index (χ0n) is 12.5. The molecule has 1 aromatic rings. The summed E-state index contributed by atoms with van der Waals surface area (Å²) in [5, 5.41) is 3.61. The Morgan fingerprint density at radius 2 is 1.67 bits per heavy atom. The first-order valence-electron chi connectivity index (χ1n) is 7.60. The lowest BCUT2D eigenvalue weighted by Gasteiger charge is -2.17. The molecule has 0 bridgehead atoms. The molecule has 0 aromatic heterocycles. The largest absolute Gasteiger partial charge is 0.496 e. The van der Waals surface area contributed by atoms with E-state index in [1.807, 2.05) is 12.1 Å². The van der Waals surface area contributed by atoms with Gasteiger partial charge in [-0.1, -0.05) is 25.7 Å². The van der Waals surface area contributed by atoms with Crippen molar-refractivity contribution in [2.24, 2.45) is 0 Å². The molecule has 1 aliphatic carbocycles. The maximum Gasteiger partial charge on any atom is 0.134 e. The van der Waals surface area contributed by atoms with Gasteiger partial charge in [-0.2, -0.15) is 0 Å². The third-order valence-corrected chi connectivity index (χ3v) is 5.09. The van der Waals surface area contributed by atoms with Crippen molar-refractivity contribution in [1.82, 2.24) is 5.32 Å². The predicted molar refractivity (Wildman–Crippen MR) is 93.4 cm³/mol. The van der Waals surface area contributed by atoms with Crippen molar-refractivity contribution < 1.29 is 9.47 Å². The Labute approximate surface area is 144 Å². The molecule has 0 spiro atoms. The van der Waals surface area contributed by atoms with E-state index in [4.69, 9.17) is 9.47 Å². The van der Waals surface area contributed by atoms with Crippen LogP contribution in [-0.2, 0) is 0 Å². The molecule has 118 valence electrons. The summed E-state index contributed by atoms with van der Waals surface area (Å²) in [5.41, 5.74) is 0. The summed E-state index contributed by atoms with van der Waals surface area (Å²) in [6.07, 6.45) is 8.10. The van der Waals surface area contributed by atoms with Crippen molar-refractivity contribution in [3.8, 4) is 11.5 Å². The van der Waals surface area contributed by atoms with Crippen molar-refractivity contribution in [3.05, 3.63) is 21.1 Å². The van der Waals surface area contributed by atoms with Gasteiger partial charge in [0.2, 0.25) is 0 Å². The molecule has 0 amide bonds. The van der Waals surface area contributed by atoms with Crippen LogP contribution in [0.5, 0.6) is 11.5 Å². The molecule has 0 saturated heterocycles. The molecule has 1 aliphatic rings. The average molecular weight is 421 g/mol. The second-order valence-electron chi connectivity index (χ2n) is 5.41. The van der Waals surface area contributed by atoms with Crippen molar-refractivity contribution >= 4 is 31.9 Å². The fraction of sp³-hybridized carbons (Fsp3) is 0.625. The molecule has 0 heterocycles. The number of nitrogens with one attached hydrogen (secondary N) is 1. The predicted octanol–water partition coefficient (Wildman–Crippen LogP) is 4.91.